The number of hydrogen-bond acceptors (Lipinski definition) is 1. The van der Waals surface area contributed by atoms with Crippen LogP contribution in [0.5, 0.6) is 0 Å². The molecule has 0 amide bonds. The van der Waals surface area contributed by atoms with Crippen molar-refractivity contribution in [3.63, 3.8) is 0 Å². The Kier molecular flexibility index (Phi) is 107. The fourth-order valence-corrected chi connectivity index (χ4v) is 0. The Morgan fingerprint density at radius 2 is 1.25 bits per heavy atom. The van der Waals surface area contributed by atoms with E-state index in [0.29, 0.717) is 0 Å². The van der Waals surface area contributed by atoms with E-state index < -0.39 is 0 Å². The molecule has 0 aromatic rings. The summed E-state index contributed by atoms with van der Waals surface area (Å²) >= 11 is 0.750. The van der Waals surface area contributed by atoms with Gasteiger partial charge in [-0.2, -0.15) is 0 Å². The van der Waals surface area contributed by atoms with Crippen LogP contribution in [0.1, 0.15) is 0 Å². The normalized spacial score (nSPS) is 0.750. The Labute approximate surface area is 57.0 Å². The van der Waals surface area contributed by atoms with Crippen LogP contribution in [0.4, 0.5) is 0 Å². The topological polar surface area (TPSA) is 17.1 Å². The van der Waals surface area contributed by atoms with E-state index in [1.807, 2.05) is 0 Å². The Hall–Kier alpha value is 1.53. The first-order valence-corrected chi connectivity index (χ1v) is 0.842. The van der Waals surface area contributed by atoms with Gasteiger partial charge in [0.1, 0.15) is 0 Å². The summed E-state index contributed by atoms with van der Waals surface area (Å²) in [6, 6.07) is 0. The van der Waals surface area contributed by atoms with Crippen LogP contribution >= 0.6 is 0 Å². The molecular formula is CuNiOTi. The second-order valence-electron chi connectivity index (χ2n) is 0. The third kappa shape index (κ3) is 9.66. The third-order valence-electron chi connectivity index (χ3n) is 0. The van der Waals surface area contributed by atoms with Crippen LogP contribution < -0.4 is 0 Å². The molecule has 0 aromatic carbocycles. The van der Waals surface area contributed by atoms with Gasteiger partial charge in [0, 0.05) is 33.6 Å². The van der Waals surface area contributed by atoms with Crippen molar-refractivity contribution in [2.24, 2.45) is 0 Å². The second kappa shape index (κ2) is 24.1. The minimum atomic E-state index is 0. The Balaban J connectivity index is -0.00000000500. The first-order chi connectivity index (χ1) is 1.00. The van der Waals surface area contributed by atoms with Gasteiger partial charge in [0.25, 0.3) is 0 Å². The van der Waals surface area contributed by atoms with Gasteiger partial charge in [-0.1, -0.05) is 0 Å². The van der Waals surface area contributed by atoms with Crippen molar-refractivity contribution in [3.05, 3.63) is 0 Å². The van der Waals surface area contributed by atoms with Crippen LogP contribution in [0.3, 0.4) is 0 Å². The summed E-state index contributed by atoms with van der Waals surface area (Å²) < 4.78 is 8.25. The predicted molar refractivity (Wildman–Crippen MR) is 0.686 cm³/mol. The molecule has 0 spiro atoms. The molecule has 4 heavy (non-hydrogen) atoms. The summed E-state index contributed by atoms with van der Waals surface area (Å²) in [4.78, 5) is 0. The van der Waals surface area contributed by atoms with Crippen molar-refractivity contribution < 1.29 is 57.3 Å². The molecular weight excluding hydrogens is 186 g/mol. The molecule has 0 aliphatic carbocycles. The number of rotatable bonds is 0. The average Bonchev–Trinajstić information content (AvgIpc) is 1.00. The van der Waals surface area contributed by atoms with Crippen molar-refractivity contribution in [3.8, 4) is 0 Å². The molecule has 0 bridgehead atoms. The molecule has 0 unspecified atom stereocenters. The molecule has 0 N–H and O–H groups in total. The van der Waals surface area contributed by atoms with Crippen LogP contribution in [0.25, 0.3) is 0 Å². The molecule has 0 atom stereocenters. The zero-order valence-electron chi connectivity index (χ0n) is 1.53. The molecule has 1 nitrogen and oxygen atoms in total. The van der Waals surface area contributed by atoms with Crippen molar-refractivity contribution >= 4 is 0 Å². The van der Waals surface area contributed by atoms with E-state index in [-0.39, 0.29) is 33.6 Å². The summed E-state index contributed by atoms with van der Waals surface area (Å²) in [6.07, 6.45) is 0. The molecule has 4 heteroatoms. The Morgan fingerprint density at radius 1 is 1.25 bits per heavy atom. The van der Waals surface area contributed by atoms with E-state index in [9.17, 15) is 0 Å². The zero-order valence-corrected chi connectivity index (χ0v) is 5.02. The quantitative estimate of drug-likeness (QED) is 0.482. The van der Waals surface area contributed by atoms with Gasteiger partial charge in [-0.15, -0.1) is 0 Å². The van der Waals surface area contributed by atoms with Crippen LogP contribution in [-0.4, -0.2) is 0 Å². The molecule has 0 saturated carbocycles. The van der Waals surface area contributed by atoms with Crippen LogP contribution in [0.2, 0.25) is 0 Å². The maximum absolute atomic E-state index is 8.25. The van der Waals surface area contributed by atoms with E-state index in [0.717, 1.165) is 20.4 Å². The van der Waals surface area contributed by atoms with Gasteiger partial charge in [0.2, 0.25) is 0 Å². The molecule has 0 rings (SSSR count). The summed E-state index contributed by atoms with van der Waals surface area (Å²) in [7, 11) is 0. The van der Waals surface area contributed by atoms with Gasteiger partial charge in [-0.3, -0.25) is 0 Å². The SMILES string of the molecule is [Cu].[Ni].[O]=[Ti]. The average molecular weight is 186 g/mol. The fourth-order valence-electron chi connectivity index (χ4n) is 0. The summed E-state index contributed by atoms with van der Waals surface area (Å²) in [5.74, 6) is 0. The molecule has 0 heterocycles. The van der Waals surface area contributed by atoms with Gasteiger partial charge in [0.05, 0.1) is 0 Å². The van der Waals surface area contributed by atoms with Crippen LogP contribution in [0.15, 0.2) is 0 Å². The monoisotopic (exact) mass is 185 g/mol. The molecule has 31 valence electrons. The van der Waals surface area contributed by atoms with Gasteiger partial charge >= 0.3 is 23.7 Å². The molecule has 1 radical (unpaired) electrons. The van der Waals surface area contributed by atoms with Crippen molar-refractivity contribution in [1.29, 1.82) is 0 Å². The summed E-state index contributed by atoms with van der Waals surface area (Å²) in [5.41, 5.74) is 0. The minimum absolute atomic E-state index is 0. The van der Waals surface area contributed by atoms with E-state index in [4.69, 9.17) is 3.32 Å². The van der Waals surface area contributed by atoms with Crippen LogP contribution in [0, 0.1) is 0 Å². The van der Waals surface area contributed by atoms with Gasteiger partial charge in [0.15, 0.2) is 0 Å². The first kappa shape index (κ1) is 17.7. The zero-order chi connectivity index (χ0) is 2.00. The molecule has 0 aliphatic rings. The van der Waals surface area contributed by atoms with E-state index in [2.05, 4.69) is 0 Å². The van der Waals surface area contributed by atoms with E-state index in [1.165, 1.54) is 0 Å². The van der Waals surface area contributed by atoms with Gasteiger partial charge in [-0.05, 0) is 0 Å². The second-order valence-corrected chi connectivity index (χ2v) is 0. The standard InChI is InChI=1S/Cu.Ni.O.Ti. The summed E-state index contributed by atoms with van der Waals surface area (Å²) in [5, 5.41) is 0. The van der Waals surface area contributed by atoms with E-state index in [1.54, 1.807) is 0 Å². The third-order valence-corrected chi connectivity index (χ3v) is 0. The van der Waals surface area contributed by atoms with Crippen LogP contribution in [-0.2, 0) is 57.3 Å². The van der Waals surface area contributed by atoms with E-state index >= 15 is 0 Å². The molecule has 0 fully saturated rings. The Bertz CT molecular complexity index is 8.00. The van der Waals surface area contributed by atoms with Crippen molar-refractivity contribution in [1.82, 2.24) is 0 Å². The predicted octanol–water partition coefficient (Wildman–Crippen LogP) is -0.126. The Morgan fingerprint density at radius 3 is 1.25 bits per heavy atom. The van der Waals surface area contributed by atoms with Gasteiger partial charge in [-0.25, -0.2) is 0 Å². The number of hydrogen-bond donors (Lipinski definition) is 0. The maximum atomic E-state index is 8.25. The summed E-state index contributed by atoms with van der Waals surface area (Å²) in [6.45, 7) is 0. The van der Waals surface area contributed by atoms with Gasteiger partial charge < -0.3 is 0 Å². The first-order valence-electron chi connectivity index (χ1n) is 0.204. The molecule has 0 aliphatic heterocycles. The molecule has 0 saturated heterocycles. The molecule has 0 aromatic heterocycles. The van der Waals surface area contributed by atoms with Crippen molar-refractivity contribution in [2.45, 2.75) is 0 Å². The van der Waals surface area contributed by atoms with Crippen molar-refractivity contribution in [2.75, 3.05) is 0 Å². The fraction of sp³-hybridized carbons (Fsp3) is 0.